The number of rotatable bonds is 8. The van der Waals surface area contributed by atoms with Crippen LogP contribution in [0, 0.1) is 5.82 Å². The van der Waals surface area contributed by atoms with Gasteiger partial charge in [0.25, 0.3) is 0 Å². The highest BCUT2D eigenvalue weighted by Gasteiger charge is 2.12. The first-order valence-electron chi connectivity index (χ1n) is 9.58. The van der Waals surface area contributed by atoms with E-state index in [1.165, 1.54) is 12.8 Å². The second-order valence-corrected chi connectivity index (χ2v) is 5.53. The maximum Gasteiger partial charge on any atom is 0.154 e. The third kappa shape index (κ3) is 8.84. The van der Waals surface area contributed by atoms with Crippen molar-refractivity contribution in [2.24, 2.45) is 0 Å². The summed E-state index contributed by atoms with van der Waals surface area (Å²) in [7, 11) is 0. The monoisotopic (exact) mass is 359 g/mol. The zero-order valence-corrected chi connectivity index (χ0v) is 17.7. The summed E-state index contributed by atoms with van der Waals surface area (Å²) in [5, 5.41) is 3.13. The van der Waals surface area contributed by atoms with Gasteiger partial charge in [-0.1, -0.05) is 64.5 Å². The topological polar surface area (TPSA) is 12.0 Å². The molecule has 1 rings (SSSR count). The number of benzene rings is 1. The van der Waals surface area contributed by atoms with Gasteiger partial charge >= 0.3 is 0 Å². The molecule has 0 radical (unpaired) electrons. The van der Waals surface area contributed by atoms with Crippen molar-refractivity contribution in [2.75, 3.05) is 5.32 Å². The molecule has 0 fully saturated rings. The minimum Gasteiger partial charge on any atom is -0.357 e. The number of hydrogen-bond acceptors (Lipinski definition) is 1. The highest BCUT2D eigenvalue weighted by atomic mass is 19.1. The average molecular weight is 360 g/mol. The van der Waals surface area contributed by atoms with E-state index in [9.17, 15) is 4.39 Å². The van der Waals surface area contributed by atoms with Crippen molar-refractivity contribution in [1.29, 1.82) is 0 Å². The molecule has 1 nitrogen and oxygen atoms in total. The fourth-order valence-electron chi connectivity index (χ4n) is 2.43. The fourth-order valence-corrected chi connectivity index (χ4v) is 2.43. The van der Waals surface area contributed by atoms with Crippen LogP contribution in [0.5, 0.6) is 0 Å². The predicted molar refractivity (Wildman–Crippen MR) is 119 cm³/mol. The third-order valence-electron chi connectivity index (χ3n) is 3.83. The van der Waals surface area contributed by atoms with Gasteiger partial charge < -0.3 is 5.32 Å². The molecule has 0 spiro atoms. The van der Waals surface area contributed by atoms with E-state index in [1.54, 1.807) is 6.07 Å². The van der Waals surface area contributed by atoms with Gasteiger partial charge in [-0.05, 0) is 50.8 Å². The molecule has 0 aromatic heterocycles. The van der Waals surface area contributed by atoms with E-state index in [4.69, 9.17) is 0 Å². The summed E-state index contributed by atoms with van der Waals surface area (Å²) < 4.78 is 14.8. The lowest BCUT2D eigenvalue weighted by Crippen LogP contribution is -2.03. The number of anilines is 1. The zero-order valence-electron chi connectivity index (χ0n) is 17.7. The maximum absolute atomic E-state index is 14.8. The van der Waals surface area contributed by atoms with Crippen molar-refractivity contribution in [2.45, 2.75) is 67.2 Å². The van der Waals surface area contributed by atoms with Gasteiger partial charge in [0.1, 0.15) is 0 Å². The van der Waals surface area contributed by atoms with E-state index >= 15 is 0 Å². The molecule has 0 saturated carbocycles. The lowest BCUT2D eigenvalue weighted by molar-refractivity contribution is 0.626. The molecule has 0 atom stereocenters. The van der Waals surface area contributed by atoms with Crippen LogP contribution >= 0.6 is 0 Å². The van der Waals surface area contributed by atoms with Crippen LogP contribution in [0.2, 0.25) is 0 Å². The quantitative estimate of drug-likeness (QED) is 0.278. The van der Waals surface area contributed by atoms with E-state index < -0.39 is 0 Å². The van der Waals surface area contributed by atoms with Crippen LogP contribution in [-0.4, -0.2) is 0 Å². The average Bonchev–Trinajstić information content (AvgIpc) is 2.68. The summed E-state index contributed by atoms with van der Waals surface area (Å²) in [4.78, 5) is 0. The van der Waals surface area contributed by atoms with Crippen LogP contribution in [0.3, 0.4) is 0 Å². The molecule has 26 heavy (non-hydrogen) atoms. The van der Waals surface area contributed by atoms with Gasteiger partial charge in [0.05, 0.1) is 5.69 Å². The largest absolute Gasteiger partial charge is 0.357 e. The Bertz CT molecular complexity index is 582. The highest BCUT2D eigenvalue weighted by Crippen LogP contribution is 2.29. The van der Waals surface area contributed by atoms with Crippen LogP contribution < -0.4 is 5.32 Å². The van der Waals surface area contributed by atoms with Crippen molar-refractivity contribution in [3.8, 4) is 0 Å². The summed E-state index contributed by atoms with van der Waals surface area (Å²) in [6.07, 6.45) is 8.26. The fraction of sp³-hybridized carbons (Fsp3) is 0.417. The lowest BCUT2D eigenvalue weighted by Gasteiger charge is -2.15. The first-order valence-corrected chi connectivity index (χ1v) is 9.58. The van der Waals surface area contributed by atoms with Crippen LogP contribution in [-0.2, 0) is 0 Å². The number of unbranched alkanes of at least 4 members (excludes halogenated alkanes) is 2. The highest BCUT2D eigenvalue weighted by molar-refractivity contribution is 5.80. The van der Waals surface area contributed by atoms with Crippen molar-refractivity contribution in [3.05, 3.63) is 72.7 Å². The molecule has 1 aromatic carbocycles. The molecule has 0 unspecified atom stereocenters. The number of halogens is 1. The molecular weight excluding hydrogens is 321 g/mol. The Morgan fingerprint density at radius 3 is 2.23 bits per heavy atom. The molecule has 1 N–H and O–H groups in total. The smallest absolute Gasteiger partial charge is 0.154 e. The van der Waals surface area contributed by atoms with Crippen LogP contribution in [0.15, 0.2) is 61.4 Å². The van der Waals surface area contributed by atoms with Gasteiger partial charge in [-0.3, -0.25) is 0 Å². The molecule has 0 aliphatic rings. The minimum absolute atomic E-state index is 0.214. The molecule has 0 aliphatic heterocycles. The minimum atomic E-state index is -0.214. The molecule has 0 amide bonds. The van der Waals surface area contributed by atoms with Gasteiger partial charge in [0, 0.05) is 11.3 Å². The van der Waals surface area contributed by atoms with E-state index in [-0.39, 0.29) is 5.82 Å². The molecular formula is C24H38FN. The third-order valence-corrected chi connectivity index (χ3v) is 3.83. The normalized spacial score (nSPS) is 10.9. The van der Waals surface area contributed by atoms with E-state index in [2.05, 4.69) is 32.0 Å². The standard InChI is InChI=1S/C20H28FN.C2H6.C2H4/c1-6-9-10-12-16(5)22-19-14-11-13-18(20(19)21)17(8-3)15(4)7-2;2*1-2/h7-8,11,13-14,22H,5-6,9-10,12H2,1-4H3;1-2H3;1-2H2/b15-7-,17-8+;;. The predicted octanol–water partition coefficient (Wildman–Crippen LogP) is 8.53. The molecule has 0 bridgehead atoms. The van der Waals surface area contributed by atoms with E-state index in [1.807, 2.05) is 58.9 Å². The van der Waals surface area contributed by atoms with Crippen molar-refractivity contribution in [3.63, 3.8) is 0 Å². The zero-order chi connectivity index (χ0) is 20.5. The van der Waals surface area contributed by atoms with Crippen LogP contribution in [0.25, 0.3) is 5.57 Å². The summed E-state index contributed by atoms with van der Waals surface area (Å²) in [5.74, 6) is -0.214. The SMILES string of the molecule is C=C.C=C(CCCCC)Nc1cccc(C(=C/C)/C(C)=C\C)c1F.CC. The molecule has 1 aromatic rings. The Hall–Kier alpha value is -2.09. The Morgan fingerprint density at radius 1 is 1.12 bits per heavy atom. The first-order chi connectivity index (χ1) is 12.5. The maximum atomic E-state index is 14.8. The van der Waals surface area contributed by atoms with Crippen molar-refractivity contribution >= 4 is 11.3 Å². The van der Waals surface area contributed by atoms with Gasteiger partial charge in [0.15, 0.2) is 5.82 Å². The van der Waals surface area contributed by atoms with Crippen molar-refractivity contribution < 1.29 is 4.39 Å². The van der Waals surface area contributed by atoms with E-state index in [0.717, 1.165) is 29.7 Å². The number of nitrogens with one attached hydrogen (secondary N) is 1. The number of allylic oxidation sites excluding steroid dienone is 5. The molecule has 146 valence electrons. The van der Waals surface area contributed by atoms with Crippen LogP contribution in [0.4, 0.5) is 10.1 Å². The first kappa shape index (κ1) is 26.1. The Morgan fingerprint density at radius 2 is 1.73 bits per heavy atom. The second kappa shape index (κ2) is 16.4. The van der Waals surface area contributed by atoms with Gasteiger partial charge in [-0.2, -0.15) is 0 Å². The summed E-state index contributed by atoms with van der Waals surface area (Å²) in [6.45, 7) is 22.1. The lowest BCUT2D eigenvalue weighted by atomic mass is 9.97. The summed E-state index contributed by atoms with van der Waals surface area (Å²) in [5.41, 5.74) is 4.00. The molecule has 0 saturated heterocycles. The van der Waals surface area contributed by atoms with Crippen molar-refractivity contribution in [1.82, 2.24) is 0 Å². The Kier molecular flexibility index (Phi) is 16.5. The second-order valence-electron chi connectivity index (χ2n) is 5.53. The molecule has 0 heterocycles. The number of hydrogen-bond donors (Lipinski definition) is 1. The van der Waals surface area contributed by atoms with Gasteiger partial charge in [-0.25, -0.2) is 4.39 Å². The Balaban J connectivity index is 0. The molecule has 0 aliphatic carbocycles. The summed E-state index contributed by atoms with van der Waals surface area (Å²) >= 11 is 0. The molecule has 2 heteroatoms. The summed E-state index contributed by atoms with van der Waals surface area (Å²) in [6, 6.07) is 5.47. The van der Waals surface area contributed by atoms with Gasteiger partial charge in [0.2, 0.25) is 0 Å². The van der Waals surface area contributed by atoms with E-state index in [0.29, 0.717) is 11.3 Å². The van der Waals surface area contributed by atoms with Gasteiger partial charge in [-0.15, -0.1) is 13.2 Å². The van der Waals surface area contributed by atoms with Crippen LogP contribution in [0.1, 0.15) is 72.8 Å². The Labute approximate surface area is 161 Å².